The van der Waals surface area contributed by atoms with Gasteiger partial charge in [0.15, 0.2) is 0 Å². The maximum absolute atomic E-state index is 12.6. The standard InChI is InChI=1S/C20H23N3O3/c1-14-2-5-17(20(25)23-8-10-26-11-9-23)12-18(14)22-19(24)16-6-3-15(13-21)4-7-16/h2-7,12H,8-11,13,21H2,1H3,(H,22,24). The Morgan fingerprint density at radius 2 is 1.73 bits per heavy atom. The summed E-state index contributed by atoms with van der Waals surface area (Å²) in [5, 5.41) is 2.90. The number of aryl methyl sites for hydroxylation is 1. The zero-order chi connectivity index (χ0) is 18.5. The number of nitrogens with two attached hydrogens (primary N) is 1. The van der Waals surface area contributed by atoms with Gasteiger partial charge in [0.25, 0.3) is 11.8 Å². The second kappa shape index (κ2) is 8.12. The van der Waals surface area contributed by atoms with Crippen molar-refractivity contribution in [2.24, 2.45) is 5.73 Å². The number of nitrogens with zero attached hydrogens (tertiary/aromatic N) is 1. The fraction of sp³-hybridized carbons (Fsp3) is 0.300. The first-order chi connectivity index (χ1) is 12.6. The third-order valence-corrected chi connectivity index (χ3v) is 4.48. The molecule has 0 aliphatic carbocycles. The molecule has 0 radical (unpaired) electrons. The number of rotatable bonds is 4. The Morgan fingerprint density at radius 3 is 2.38 bits per heavy atom. The van der Waals surface area contributed by atoms with Crippen molar-refractivity contribution >= 4 is 17.5 Å². The number of hydrogen-bond acceptors (Lipinski definition) is 4. The number of hydrogen-bond donors (Lipinski definition) is 2. The van der Waals surface area contributed by atoms with E-state index in [9.17, 15) is 9.59 Å². The van der Waals surface area contributed by atoms with Gasteiger partial charge >= 0.3 is 0 Å². The van der Waals surface area contributed by atoms with Gasteiger partial charge in [0.2, 0.25) is 0 Å². The predicted molar refractivity (Wildman–Crippen MR) is 100 cm³/mol. The first kappa shape index (κ1) is 18.1. The quantitative estimate of drug-likeness (QED) is 0.882. The highest BCUT2D eigenvalue weighted by Gasteiger charge is 2.19. The number of nitrogens with one attached hydrogen (secondary N) is 1. The fourth-order valence-electron chi connectivity index (χ4n) is 2.83. The summed E-state index contributed by atoms with van der Waals surface area (Å²) in [5.74, 6) is -0.260. The second-order valence-corrected chi connectivity index (χ2v) is 6.29. The topological polar surface area (TPSA) is 84.7 Å². The zero-order valence-electron chi connectivity index (χ0n) is 14.8. The van der Waals surface area contributed by atoms with E-state index in [0.717, 1.165) is 11.1 Å². The Hall–Kier alpha value is -2.70. The molecule has 6 heteroatoms. The lowest BCUT2D eigenvalue weighted by atomic mass is 10.1. The number of carbonyl (C=O) groups is 2. The summed E-state index contributed by atoms with van der Waals surface area (Å²) in [6, 6.07) is 12.5. The molecule has 1 aliphatic heterocycles. The van der Waals surface area contributed by atoms with Crippen molar-refractivity contribution in [2.45, 2.75) is 13.5 Å². The molecule has 3 N–H and O–H groups in total. The first-order valence-corrected chi connectivity index (χ1v) is 8.66. The van der Waals surface area contributed by atoms with Gasteiger partial charge in [-0.1, -0.05) is 18.2 Å². The van der Waals surface area contributed by atoms with Gasteiger partial charge in [0.05, 0.1) is 13.2 Å². The van der Waals surface area contributed by atoms with Gasteiger partial charge in [0, 0.05) is 36.4 Å². The maximum atomic E-state index is 12.6. The molecule has 0 aromatic heterocycles. The Labute approximate surface area is 152 Å². The van der Waals surface area contributed by atoms with E-state index in [0.29, 0.717) is 49.7 Å². The summed E-state index contributed by atoms with van der Waals surface area (Å²) >= 11 is 0. The van der Waals surface area contributed by atoms with Crippen LogP contribution in [0.3, 0.4) is 0 Å². The average molecular weight is 353 g/mol. The molecule has 0 saturated carbocycles. The number of benzene rings is 2. The molecule has 1 fully saturated rings. The van der Waals surface area contributed by atoms with Crippen molar-refractivity contribution in [3.8, 4) is 0 Å². The monoisotopic (exact) mass is 353 g/mol. The highest BCUT2D eigenvalue weighted by Crippen LogP contribution is 2.20. The van der Waals surface area contributed by atoms with E-state index in [4.69, 9.17) is 10.5 Å². The third-order valence-electron chi connectivity index (χ3n) is 4.48. The lowest BCUT2D eigenvalue weighted by molar-refractivity contribution is 0.0303. The Balaban J connectivity index is 1.76. The van der Waals surface area contributed by atoms with E-state index in [1.165, 1.54) is 0 Å². The second-order valence-electron chi connectivity index (χ2n) is 6.29. The molecule has 1 heterocycles. The number of amides is 2. The van der Waals surface area contributed by atoms with Crippen molar-refractivity contribution in [1.29, 1.82) is 0 Å². The largest absolute Gasteiger partial charge is 0.378 e. The van der Waals surface area contributed by atoms with Crippen molar-refractivity contribution < 1.29 is 14.3 Å². The molecule has 2 aromatic carbocycles. The van der Waals surface area contributed by atoms with Crippen LogP contribution in [-0.2, 0) is 11.3 Å². The van der Waals surface area contributed by atoms with Gasteiger partial charge in [0.1, 0.15) is 0 Å². The minimum absolute atomic E-state index is 0.0453. The van der Waals surface area contributed by atoms with Crippen LogP contribution >= 0.6 is 0 Å². The van der Waals surface area contributed by atoms with Crippen LogP contribution in [0.15, 0.2) is 42.5 Å². The average Bonchev–Trinajstić information content (AvgIpc) is 2.69. The molecule has 6 nitrogen and oxygen atoms in total. The van der Waals surface area contributed by atoms with E-state index in [1.54, 1.807) is 29.2 Å². The van der Waals surface area contributed by atoms with E-state index >= 15 is 0 Å². The fourth-order valence-corrected chi connectivity index (χ4v) is 2.83. The molecule has 0 spiro atoms. The van der Waals surface area contributed by atoms with Crippen LogP contribution in [-0.4, -0.2) is 43.0 Å². The minimum Gasteiger partial charge on any atom is -0.378 e. The number of anilines is 1. The molecule has 2 aromatic rings. The van der Waals surface area contributed by atoms with Crippen LogP contribution < -0.4 is 11.1 Å². The molecule has 3 rings (SSSR count). The smallest absolute Gasteiger partial charge is 0.255 e. The molecule has 0 bridgehead atoms. The molecular formula is C20H23N3O3. The van der Waals surface area contributed by atoms with E-state index in [-0.39, 0.29) is 11.8 Å². The van der Waals surface area contributed by atoms with Gasteiger partial charge in [-0.25, -0.2) is 0 Å². The van der Waals surface area contributed by atoms with E-state index in [1.807, 2.05) is 25.1 Å². The van der Waals surface area contributed by atoms with Gasteiger partial charge in [-0.15, -0.1) is 0 Å². The lowest BCUT2D eigenvalue weighted by Crippen LogP contribution is -2.40. The number of carbonyl (C=O) groups excluding carboxylic acids is 2. The molecule has 1 aliphatic rings. The van der Waals surface area contributed by atoms with Crippen LogP contribution in [0.25, 0.3) is 0 Å². The molecule has 136 valence electrons. The number of ether oxygens (including phenoxy) is 1. The first-order valence-electron chi connectivity index (χ1n) is 8.66. The summed E-state index contributed by atoms with van der Waals surface area (Å²) in [4.78, 5) is 26.9. The van der Waals surface area contributed by atoms with Crippen molar-refractivity contribution in [3.05, 3.63) is 64.7 Å². The summed E-state index contributed by atoms with van der Waals surface area (Å²) in [6.07, 6.45) is 0. The van der Waals surface area contributed by atoms with Crippen molar-refractivity contribution in [1.82, 2.24) is 4.90 Å². The van der Waals surface area contributed by atoms with E-state index in [2.05, 4.69) is 5.32 Å². The SMILES string of the molecule is Cc1ccc(C(=O)N2CCOCC2)cc1NC(=O)c1ccc(CN)cc1. The Bertz CT molecular complexity index is 796. The van der Waals surface area contributed by atoms with Crippen molar-refractivity contribution in [2.75, 3.05) is 31.6 Å². The van der Waals surface area contributed by atoms with Gasteiger partial charge in [-0.05, 0) is 42.3 Å². The highest BCUT2D eigenvalue weighted by molar-refractivity contribution is 6.05. The lowest BCUT2D eigenvalue weighted by Gasteiger charge is -2.27. The molecule has 0 unspecified atom stereocenters. The summed E-state index contributed by atoms with van der Waals surface area (Å²) < 4.78 is 5.29. The molecule has 0 atom stereocenters. The van der Waals surface area contributed by atoms with Crippen LogP contribution in [0.1, 0.15) is 31.8 Å². The summed E-state index contributed by atoms with van der Waals surface area (Å²) in [6.45, 7) is 4.62. The summed E-state index contributed by atoms with van der Waals surface area (Å²) in [5.41, 5.74) is 9.19. The highest BCUT2D eigenvalue weighted by atomic mass is 16.5. The third kappa shape index (κ3) is 4.09. The van der Waals surface area contributed by atoms with Crippen LogP contribution in [0.2, 0.25) is 0 Å². The summed E-state index contributed by atoms with van der Waals surface area (Å²) in [7, 11) is 0. The molecule has 1 saturated heterocycles. The molecule has 26 heavy (non-hydrogen) atoms. The predicted octanol–water partition coefficient (Wildman–Crippen LogP) is 2.18. The van der Waals surface area contributed by atoms with Crippen LogP contribution in [0.5, 0.6) is 0 Å². The van der Waals surface area contributed by atoms with E-state index < -0.39 is 0 Å². The number of morpholine rings is 1. The zero-order valence-corrected chi connectivity index (χ0v) is 14.8. The van der Waals surface area contributed by atoms with Crippen LogP contribution in [0, 0.1) is 6.92 Å². The van der Waals surface area contributed by atoms with Crippen molar-refractivity contribution in [3.63, 3.8) is 0 Å². The Morgan fingerprint density at radius 1 is 1.08 bits per heavy atom. The molecular weight excluding hydrogens is 330 g/mol. The maximum Gasteiger partial charge on any atom is 0.255 e. The normalized spacial score (nSPS) is 14.2. The Kier molecular flexibility index (Phi) is 5.65. The van der Waals surface area contributed by atoms with Gasteiger partial charge in [-0.3, -0.25) is 9.59 Å². The minimum atomic E-state index is -0.215. The van der Waals surface area contributed by atoms with Gasteiger partial charge in [-0.2, -0.15) is 0 Å². The molecule has 2 amide bonds. The van der Waals surface area contributed by atoms with Crippen LogP contribution in [0.4, 0.5) is 5.69 Å². The van der Waals surface area contributed by atoms with Gasteiger partial charge < -0.3 is 20.7 Å².